The standard InChI is InChI=1S/C18H25NO/c1-2-3-4-5-14-6-8-15(9-7-14)16-10-11-18(20)17(12-16)13-19/h10-12,14-15,20H,2-9H2,1H3. The zero-order valence-electron chi connectivity index (χ0n) is 12.4. The first-order chi connectivity index (χ1) is 9.74. The van der Waals surface area contributed by atoms with Crippen molar-refractivity contribution >= 4 is 0 Å². The summed E-state index contributed by atoms with van der Waals surface area (Å²) >= 11 is 0. The number of nitriles is 1. The SMILES string of the molecule is CCCCCC1CCC(c2ccc(O)c(C#N)c2)CC1. The van der Waals surface area contributed by atoms with E-state index in [1.54, 1.807) is 6.07 Å². The average Bonchev–Trinajstić information content (AvgIpc) is 2.49. The van der Waals surface area contributed by atoms with E-state index in [9.17, 15) is 5.11 Å². The van der Waals surface area contributed by atoms with Crippen LogP contribution in [0.15, 0.2) is 18.2 Å². The maximum absolute atomic E-state index is 9.57. The third-order valence-corrected chi connectivity index (χ3v) is 4.68. The van der Waals surface area contributed by atoms with Crippen LogP contribution in [0.25, 0.3) is 0 Å². The van der Waals surface area contributed by atoms with Crippen molar-refractivity contribution in [3.05, 3.63) is 29.3 Å². The van der Waals surface area contributed by atoms with E-state index in [2.05, 4.69) is 13.0 Å². The smallest absolute Gasteiger partial charge is 0.133 e. The molecule has 0 aromatic heterocycles. The minimum Gasteiger partial charge on any atom is -0.507 e. The Kier molecular flexibility index (Phi) is 5.47. The normalized spacial score (nSPS) is 22.4. The van der Waals surface area contributed by atoms with Crippen molar-refractivity contribution in [2.24, 2.45) is 5.92 Å². The van der Waals surface area contributed by atoms with Crippen molar-refractivity contribution in [2.75, 3.05) is 0 Å². The van der Waals surface area contributed by atoms with Crippen LogP contribution in [-0.4, -0.2) is 5.11 Å². The molecule has 1 aromatic carbocycles. The zero-order valence-corrected chi connectivity index (χ0v) is 12.4. The van der Waals surface area contributed by atoms with Gasteiger partial charge in [-0.05, 0) is 55.2 Å². The Morgan fingerprint density at radius 2 is 1.95 bits per heavy atom. The van der Waals surface area contributed by atoms with Gasteiger partial charge in [-0.1, -0.05) is 38.7 Å². The van der Waals surface area contributed by atoms with Crippen LogP contribution < -0.4 is 0 Å². The highest BCUT2D eigenvalue weighted by Crippen LogP contribution is 2.38. The van der Waals surface area contributed by atoms with Crippen LogP contribution in [0.4, 0.5) is 0 Å². The molecule has 1 aliphatic rings. The lowest BCUT2D eigenvalue weighted by Gasteiger charge is -2.29. The van der Waals surface area contributed by atoms with Gasteiger partial charge in [-0.2, -0.15) is 5.26 Å². The average molecular weight is 271 g/mol. The van der Waals surface area contributed by atoms with Crippen LogP contribution in [0, 0.1) is 17.2 Å². The summed E-state index contributed by atoms with van der Waals surface area (Å²) in [6.07, 6.45) is 10.5. The Morgan fingerprint density at radius 3 is 2.60 bits per heavy atom. The van der Waals surface area contributed by atoms with Crippen LogP contribution in [0.5, 0.6) is 5.75 Å². The summed E-state index contributed by atoms with van der Waals surface area (Å²) in [6.45, 7) is 2.26. The Hall–Kier alpha value is -1.49. The maximum Gasteiger partial charge on any atom is 0.133 e. The third kappa shape index (κ3) is 3.76. The van der Waals surface area contributed by atoms with Gasteiger partial charge >= 0.3 is 0 Å². The number of nitrogens with zero attached hydrogens (tertiary/aromatic N) is 1. The summed E-state index contributed by atoms with van der Waals surface area (Å²) in [5.41, 5.74) is 1.64. The Labute approximate surface area is 122 Å². The number of rotatable bonds is 5. The molecule has 0 unspecified atom stereocenters. The Balaban J connectivity index is 1.89. The van der Waals surface area contributed by atoms with Crippen LogP contribution in [-0.2, 0) is 0 Å². The molecule has 108 valence electrons. The van der Waals surface area contributed by atoms with Gasteiger partial charge in [-0.3, -0.25) is 0 Å². The molecule has 1 saturated carbocycles. The molecule has 0 bridgehead atoms. The first-order valence-corrected chi connectivity index (χ1v) is 7.97. The van der Waals surface area contributed by atoms with E-state index in [-0.39, 0.29) is 5.75 Å². The second-order valence-electron chi connectivity index (χ2n) is 6.10. The van der Waals surface area contributed by atoms with Gasteiger partial charge < -0.3 is 5.11 Å². The van der Waals surface area contributed by atoms with E-state index in [4.69, 9.17) is 5.26 Å². The van der Waals surface area contributed by atoms with Crippen LogP contribution in [0.1, 0.15) is 75.3 Å². The highest BCUT2D eigenvalue weighted by atomic mass is 16.3. The predicted octanol–water partition coefficient (Wildman–Crippen LogP) is 5.12. The molecule has 1 fully saturated rings. The molecule has 2 heteroatoms. The fourth-order valence-electron chi connectivity index (χ4n) is 3.36. The second kappa shape index (κ2) is 7.33. The van der Waals surface area contributed by atoms with Crippen LogP contribution in [0.3, 0.4) is 0 Å². The fraction of sp³-hybridized carbons (Fsp3) is 0.611. The molecule has 0 amide bonds. The minimum atomic E-state index is 0.101. The first kappa shape index (κ1) is 14.9. The number of aromatic hydroxyl groups is 1. The lowest BCUT2D eigenvalue weighted by molar-refractivity contribution is 0.302. The van der Waals surface area contributed by atoms with Crippen LogP contribution in [0.2, 0.25) is 0 Å². The number of phenols is 1. The summed E-state index contributed by atoms with van der Waals surface area (Å²) in [6, 6.07) is 7.59. The molecule has 20 heavy (non-hydrogen) atoms. The molecule has 2 nitrogen and oxygen atoms in total. The molecule has 2 rings (SSSR count). The summed E-state index contributed by atoms with van der Waals surface area (Å²) in [4.78, 5) is 0. The van der Waals surface area contributed by atoms with Crippen molar-refractivity contribution in [1.29, 1.82) is 5.26 Å². The van der Waals surface area contributed by atoms with Crippen molar-refractivity contribution in [3.8, 4) is 11.8 Å². The van der Waals surface area contributed by atoms with Gasteiger partial charge in [0.1, 0.15) is 11.8 Å². The number of hydrogen-bond donors (Lipinski definition) is 1. The van der Waals surface area contributed by atoms with E-state index in [1.165, 1.54) is 56.9 Å². The van der Waals surface area contributed by atoms with Gasteiger partial charge in [-0.25, -0.2) is 0 Å². The largest absolute Gasteiger partial charge is 0.507 e. The number of benzene rings is 1. The van der Waals surface area contributed by atoms with Crippen LogP contribution >= 0.6 is 0 Å². The Bertz CT molecular complexity index is 467. The fourth-order valence-corrected chi connectivity index (χ4v) is 3.36. The molecule has 0 radical (unpaired) electrons. The minimum absolute atomic E-state index is 0.101. The van der Waals surface area contributed by atoms with E-state index >= 15 is 0 Å². The number of hydrogen-bond acceptors (Lipinski definition) is 2. The molecule has 0 saturated heterocycles. The van der Waals surface area contributed by atoms with Gasteiger partial charge in [0.05, 0.1) is 5.56 Å². The van der Waals surface area contributed by atoms with E-state index in [0.717, 1.165) is 5.92 Å². The topological polar surface area (TPSA) is 44.0 Å². The molecule has 0 aliphatic heterocycles. The molecule has 0 heterocycles. The summed E-state index contributed by atoms with van der Waals surface area (Å²) in [7, 11) is 0. The highest BCUT2D eigenvalue weighted by Gasteiger charge is 2.22. The van der Waals surface area contributed by atoms with Crippen molar-refractivity contribution in [2.45, 2.75) is 64.2 Å². The first-order valence-electron chi connectivity index (χ1n) is 7.97. The molecule has 1 N–H and O–H groups in total. The lowest BCUT2D eigenvalue weighted by atomic mass is 9.77. The third-order valence-electron chi connectivity index (χ3n) is 4.68. The second-order valence-corrected chi connectivity index (χ2v) is 6.10. The predicted molar refractivity (Wildman–Crippen MR) is 81.7 cm³/mol. The van der Waals surface area contributed by atoms with E-state index < -0.39 is 0 Å². The molecule has 0 atom stereocenters. The van der Waals surface area contributed by atoms with Gasteiger partial charge in [0.15, 0.2) is 0 Å². The van der Waals surface area contributed by atoms with E-state index in [1.807, 2.05) is 12.1 Å². The highest BCUT2D eigenvalue weighted by molar-refractivity contribution is 5.45. The summed E-state index contributed by atoms with van der Waals surface area (Å²) in [5.74, 6) is 1.58. The van der Waals surface area contributed by atoms with Crippen molar-refractivity contribution < 1.29 is 5.11 Å². The number of phenolic OH excluding ortho intramolecular Hbond substituents is 1. The van der Waals surface area contributed by atoms with Gasteiger partial charge in [0.2, 0.25) is 0 Å². The lowest BCUT2D eigenvalue weighted by Crippen LogP contribution is -2.13. The van der Waals surface area contributed by atoms with Gasteiger partial charge in [-0.15, -0.1) is 0 Å². The monoisotopic (exact) mass is 271 g/mol. The molecule has 1 aliphatic carbocycles. The molecule has 0 spiro atoms. The Morgan fingerprint density at radius 1 is 1.20 bits per heavy atom. The maximum atomic E-state index is 9.57. The zero-order chi connectivity index (χ0) is 14.4. The molecular formula is C18H25NO. The van der Waals surface area contributed by atoms with Gasteiger partial charge in [0.25, 0.3) is 0 Å². The van der Waals surface area contributed by atoms with Crippen molar-refractivity contribution in [1.82, 2.24) is 0 Å². The number of unbranched alkanes of at least 4 members (excludes halogenated alkanes) is 2. The summed E-state index contributed by atoms with van der Waals surface area (Å²) < 4.78 is 0. The summed E-state index contributed by atoms with van der Waals surface area (Å²) in [5, 5.41) is 18.6. The molecular weight excluding hydrogens is 246 g/mol. The van der Waals surface area contributed by atoms with Gasteiger partial charge in [0, 0.05) is 0 Å². The van der Waals surface area contributed by atoms with Crippen molar-refractivity contribution in [3.63, 3.8) is 0 Å². The quantitative estimate of drug-likeness (QED) is 0.755. The molecule has 1 aromatic rings. The van der Waals surface area contributed by atoms with E-state index in [0.29, 0.717) is 11.5 Å².